The van der Waals surface area contributed by atoms with Gasteiger partial charge < -0.3 is 4.74 Å². The summed E-state index contributed by atoms with van der Waals surface area (Å²) in [6.45, 7) is 8.03. The van der Waals surface area contributed by atoms with Crippen LogP contribution in [-0.2, 0) is 28.0 Å². The molecule has 5 nitrogen and oxygen atoms in total. The van der Waals surface area contributed by atoms with Gasteiger partial charge in [0.1, 0.15) is 6.04 Å². The van der Waals surface area contributed by atoms with Gasteiger partial charge in [0.05, 0.1) is 12.0 Å². The molecule has 0 saturated carbocycles. The zero-order valence-corrected chi connectivity index (χ0v) is 22.0. The summed E-state index contributed by atoms with van der Waals surface area (Å²) < 4.78 is 45.5. The van der Waals surface area contributed by atoms with E-state index in [1.807, 2.05) is 43.3 Å². The fourth-order valence-corrected chi connectivity index (χ4v) is 4.70. The summed E-state index contributed by atoms with van der Waals surface area (Å²) >= 11 is 0. The first kappa shape index (κ1) is 27.8. The van der Waals surface area contributed by atoms with E-state index in [0.717, 1.165) is 41.9 Å². The Hall–Kier alpha value is -3.23. The SMILES string of the molecule is CCOC(=O)[C@H]1CN(Cc2ccncc2)CCN1Cc1ccc(-c2ccc(C(C)(C)C(F)(F)F)cc2)cc1. The molecule has 0 bridgehead atoms. The third-order valence-electron chi connectivity index (χ3n) is 7.28. The number of rotatable bonds is 8. The average molecular weight is 526 g/mol. The van der Waals surface area contributed by atoms with E-state index in [1.54, 1.807) is 36.7 Å². The molecule has 3 aromatic rings. The second-order valence-corrected chi connectivity index (χ2v) is 10.2. The number of halogens is 3. The molecule has 0 amide bonds. The van der Waals surface area contributed by atoms with Crippen molar-refractivity contribution in [3.8, 4) is 11.1 Å². The van der Waals surface area contributed by atoms with E-state index in [4.69, 9.17) is 4.74 Å². The Labute approximate surface area is 222 Å². The Bertz CT molecular complexity index is 1200. The Morgan fingerprint density at radius 1 is 0.895 bits per heavy atom. The van der Waals surface area contributed by atoms with Gasteiger partial charge in [0, 0.05) is 45.1 Å². The monoisotopic (exact) mass is 525 g/mol. The van der Waals surface area contributed by atoms with Crippen LogP contribution in [0.2, 0.25) is 0 Å². The number of carbonyl (C=O) groups excluding carboxylic acids is 1. The lowest BCUT2D eigenvalue weighted by Gasteiger charge is -2.40. The van der Waals surface area contributed by atoms with Crippen molar-refractivity contribution in [1.29, 1.82) is 0 Å². The number of hydrogen-bond donors (Lipinski definition) is 0. The second-order valence-electron chi connectivity index (χ2n) is 10.2. The third kappa shape index (κ3) is 6.42. The van der Waals surface area contributed by atoms with Gasteiger partial charge in [-0.15, -0.1) is 0 Å². The molecule has 1 aliphatic heterocycles. The smallest absolute Gasteiger partial charge is 0.397 e. The van der Waals surface area contributed by atoms with Crippen LogP contribution in [0.5, 0.6) is 0 Å². The van der Waals surface area contributed by atoms with Crippen molar-refractivity contribution in [1.82, 2.24) is 14.8 Å². The van der Waals surface area contributed by atoms with Crippen LogP contribution in [0.4, 0.5) is 13.2 Å². The summed E-state index contributed by atoms with van der Waals surface area (Å²) in [4.78, 5) is 21.3. The summed E-state index contributed by atoms with van der Waals surface area (Å²) in [7, 11) is 0. The summed E-state index contributed by atoms with van der Waals surface area (Å²) in [5.74, 6) is -0.217. The fourth-order valence-electron chi connectivity index (χ4n) is 4.70. The van der Waals surface area contributed by atoms with Crippen LogP contribution in [0.1, 0.15) is 37.5 Å². The molecule has 38 heavy (non-hydrogen) atoms. The van der Waals surface area contributed by atoms with Crippen LogP contribution in [0.25, 0.3) is 11.1 Å². The molecule has 2 heterocycles. The normalized spacial score (nSPS) is 17.4. The largest absolute Gasteiger partial charge is 0.465 e. The van der Waals surface area contributed by atoms with Crippen LogP contribution in [0, 0.1) is 0 Å². The van der Waals surface area contributed by atoms with Crippen LogP contribution in [0.3, 0.4) is 0 Å². The first-order valence-electron chi connectivity index (χ1n) is 12.9. The molecule has 0 unspecified atom stereocenters. The molecule has 1 aliphatic rings. The zero-order chi connectivity index (χ0) is 27.3. The van der Waals surface area contributed by atoms with Gasteiger partial charge in [-0.05, 0) is 60.7 Å². The summed E-state index contributed by atoms with van der Waals surface area (Å²) in [5, 5.41) is 0. The van der Waals surface area contributed by atoms with Crippen LogP contribution >= 0.6 is 0 Å². The number of benzene rings is 2. The van der Waals surface area contributed by atoms with Crippen molar-refractivity contribution >= 4 is 5.97 Å². The fraction of sp³-hybridized carbons (Fsp3) is 0.400. The van der Waals surface area contributed by atoms with Crippen LogP contribution < -0.4 is 0 Å². The van der Waals surface area contributed by atoms with Crippen molar-refractivity contribution in [2.24, 2.45) is 0 Å². The molecule has 8 heteroatoms. The van der Waals surface area contributed by atoms with Gasteiger partial charge in [0.25, 0.3) is 0 Å². The quantitative estimate of drug-likeness (QED) is 0.346. The molecule has 0 N–H and O–H groups in total. The Balaban J connectivity index is 1.43. The van der Waals surface area contributed by atoms with Crippen molar-refractivity contribution in [3.63, 3.8) is 0 Å². The van der Waals surface area contributed by atoms with Crippen LogP contribution in [0.15, 0.2) is 73.1 Å². The molecule has 4 rings (SSSR count). The number of ether oxygens (including phenoxy) is 1. The molecular weight excluding hydrogens is 491 g/mol. The first-order chi connectivity index (χ1) is 18.1. The molecule has 202 valence electrons. The van der Waals surface area contributed by atoms with Crippen molar-refractivity contribution in [3.05, 3.63) is 89.7 Å². The topological polar surface area (TPSA) is 45.7 Å². The van der Waals surface area contributed by atoms with E-state index in [9.17, 15) is 18.0 Å². The second kappa shape index (κ2) is 11.7. The van der Waals surface area contributed by atoms with Gasteiger partial charge in [-0.1, -0.05) is 48.5 Å². The van der Waals surface area contributed by atoms with Crippen molar-refractivity contribution in [2.75, 3.05) is 26.2 Å². The Morgan fingerprint density at radius 2 is 1.47 bits per heavy atom. The minimum Gasteiger partial charge on any atom is -0.465 e. The van der Waals surface area contributed by atoms with Gasteiger partial charge >= 0.3 is 12.1 Å². The van der Waals surface area contributed by atoms with Gasteiger partial charge in [-0.3, -0.25) is 19.6 Å². The molecule has 1 aromatic heterocycles. The lowest BCUT2D eigenvalue weighted by atomic mass is 9.83. The number of pyridine rings is 1. The van der Waals surface area contributed by atoms with E-state index in [-0.39, 0.29) is 17.6 Å². The predicted octanol–water partition coefficient (Wildman–Crippen LogP) is 5.84. The van der Waals surface area contributed by atoms with Gasteiger partial charge in [-0.25, -0.2) is 0 Å². The zero-order valence-electron chi connectivity index (χ0n) is 22.0. The summed E-state index contributed by atoms with van der Waals surface area (Å²) in [5.41, 5.74) is 2.31. The molecule has 0 aliphatic carbocycles. The predicted molar refractivity (Wildman–Crippen MR) is 141 cm³/mol. The van der Waals surface area contributed by atoms with E-state index in [2.05, 4.69) is 14.8 Å². The summed E-state index contributed by atoms with van der Waals surface area (Å²) in [6, 6.07) is 18.1. The number of hydrogen-bond acceptors (Lipinski definition) is 5. The Morgan fingerprint density at radius 3 is 2.05 bits per heavy atom. The molecule has 1 fully saturated rings. The number of alkyl halides is 3. The highest BCUT2D eigenvalue weighted by molar-refractivity contribution is 5.76. The van der Waals surface area contributed by atoms with E-state index < -0.39 is 11.6 Å². The van der Waals surface area contributed by atoms with Gasteiger partial charge in [0.15, 0.2) is 0 Å². The van der Waals surface area contributed by atoms with E-state index in [0.29, 0.717) is 19.7 Å². The number of piperazine rings is 1. The molecule has 2 aromatic carbocycles. The highest BCUT2D eigenvalue weighted by Gasteiger charge is 2.48. The minimum absolute atomic E-state index is 0.217. The third-order valence-corrected chi connectivity index (χ3v) is 7.28. The average Bonchev–Trinajstić information content (AvgIpc) is 2.90. The van der Waals surface area contributed by atoms with Gasteiger partial charge in [0.2, 0.25) is 0 Å². The molecule has 0 radical (unpaired) electrons. The maximum absolute atomic E-state index is 13.4. The maximum atomic E-state index is 13.4. The van der Waals surface area contributed by atoms with Crippen molar-refractivity contribution < 1.29 is 22.7 Å². The maximum Gasteiger partial charge on any atom is 0.397 e. The number of nitrogens with zero attached hydrogens (tertiary/aromatic N) is 3. The number of aromatic nitrogens is 1. The van der Waals surface area contributed by atoms with E-state index in [1.165, 1.54) is 13.8 Å². The first-order valence-corrected chi connectivity index (χ1v) is 12.9. The standard InChI is InChI=1S/C30H34F3N3O2/c1-4-38-28(37)27-21-35(19-23-13-15-34-16-14-23)17-18-36(27)20-22-5-7-24(8-6-22)25-9-11-26(12-10-25)29(2,3)30(31,32)33/h5-16,27H,4,17-21H2,1-3H3/t27-/m1/s1. The lowest BCUT2D eigenvalue weighted by Crippen LogP contribution is -2.56. The highest BCUT2D eigenvalue weighted by Crippen LogP contribution is 2.40. The van der Waals surface area contributed by atoms with Gasteiger partial charge in [-0.2, -0.15) is 13.2 Å². The minimum atomic E-state index is -4.32. The molecular formula is C30H34F3N3O2. The highest BCUT2D eigenvalue weighted by atomic mass is 19.4. The summed E-state index contributed by atoms with van der Waals surface area (Å²) in [6.07, 6.45) is -0.770. The molecule has 0 spiro atoms. The number of esters is 1. The van der Waals surface area contributed by atoms with E-state index >= 15 is 0 Å². The molecule has 1 saturated heterocycles. The number of carbonyl (C=O) groups is 1. The van der Waals surface area contributed by atoms with Crippen LogP contribution in [-0.4, -0.2) is 59.2 Å². The lowest BCUT2D eigenvalue weighted by molar-refractivity contribution is -0.180. The Kier molecular flexibility index (Phi) is 8.53. The molecule has 1 atom stereocenters. The van der Waals surface area contributed by atoms with Crippen molar-refractivity contribution in [2.45, 2.75) is 51.5 Å².